The third kappa shape index (κ3) is 5.09. The Morgan fingerprint density at radius 3 is 2.30 bits per heavy atom. The van der Waals surface area contributed by atoms with Gasteiger partial charge in [-0.05, 0) is 41.0 Å². The van der Waals surface area contributed by atoms with Crippen LogP contribution in [0.25, 0.3) is 10.8 Å². The van der Waals surface area contributed by atoms with Crippen molar-refractivity contribution >= 4 is 22.6 Å². The Labute approximate surface area is 193 Å². The van der Waals surface area contributed by atoms with Gasteiger partial charge < -0.3 is 19.5 Å². The van der Waals surface area contributed by atoms with Crippen LogP contribution in [0.15, 0.2) is 60.7 Å². The highest BCUT2D eigenvalue weighted by Gasteiger charge is 2.38. The quantitative estimate of drug-likeness (QED) is 0.559. The summed E-state index contributed by atoms with van der Waals surface area (Å²) in [5.74, 6) is 0.538. The van der Waals surface area contributed by atoms with Crippen molar-refractivity contribution in [3.63, 3.8) is 0 Å². The third-order valence-electron chi connectivity index (χ3n) is 6.03. The number of esters is 1. The summed E-state index contributed by atoms with van der Waals surface area (Å²) in [6, 6.07) is 18.9. The molecule has 1 fully saturated rings. The predicted octanol–water partition coefficient (Wildman–Crippen LogP) is 3.40. The molecule has 33 heavy (non-hydrogen) atoms. The van der Waals surface area contributed by atoms with Gasteiger partial charge in [0.05, 0.1) is 21.3 Å². The molecule has 1 heterocycles. The Morgan fingerprint density at radius 2 is 1.64 bits per heavy atom. The van der Waals surface area contributed by atoms with E-state index in [4.69, 9.17) is 14.2 Å². The maximum absolute atomic E-state index is 12.9. The van der Waals surface area contributed by atoms with Crippen molar-refractivity contribution in [1.82, 2.24) is 10.2 Å². The van der Waals surface area contributed by atoms with Gasteiger partial charge in [-0.15, -0.1) is 0 Å². The fraction of sp³-hybridized carbons (Fsp3) is 0.308. The SMILES string of the molecule is COC(=O)[C@@H]1C[C@H](NC(=O)c2cc(OC)cc(OC)c2)CN1Cc1ccc2ccccc2c1. The molecule has 1 amide bonds. The van der Waals surface area contributed by atoms with Gasteiger partial charge in [-0.1, -0.05) is 36.4 Å². The number of ether oxygens (including phenoxy) is 3. The lowest BCUT2D eigenvalue weighted by Crippen LogP contribution is -2.37. The number of amides is 1. The molecule has 7 nitrogen and oxygen atoms in total. The van der Waals surface area contributed by atoms with E-state index in [0.29, 0.717) is 36.6 Å². The zero-order chi connectivity index (χ0) is 23.4. The number of fused-ring (bicyclic) bond motifs is 1. The number of nitrogens with one attached hydrogen (secondary N) is 1. The molecule has 7 heteroatoms. The van der Waals surface area contributed by atoms with Crippen molar-refractivity contribution in [2.75, 3.05) is 27.9 Å². The van der Waals surface area contributed by atoms with E-state index in [2.05, 4.69) is 40.5 Å². The number of methoxy groups -OCH3 is 3. The molecular weight excluding hydrogens is 420 g/mol. The fourth-order valence-electron chi connectivity index (χ4n) is 4.34. The molecule has 0 unspecified atom stereocenters. The highest BCUT2D eigenvalue weighted by molar-refractivity contribution is 5.95. The molecule has 0 saturated carbocycles. The first-order valence-electron chi connectivity index (χ1n) is 10.8. The summed E-state index contributed by atoms with van der Waals surface area (Å²) in [6.07, 6.45) is 0.479. The number of nitrogens with zero attached hydrogens (tertiary/aromatic N) is 1. The van der Waals surface area contributed by atoms with E-state index >= 15 is 0 Å². The second kappa shape index (κ2) is 9.92. The van der Waals surface area contributed by atoms with Crippen LogP contribution in [0.2, 0.25) is 0 Å². The van der Waals surface area contributed by atoms with Crippen molar-refractivity contribution in [1.29, 1.82) is 0 Å². The molecule has 0 radical (unpaired) electrons. The van der Waals surface area contributed by atoms with Gasteiger partial charge >= 0.3 is 5.97 Å². The zero-order valence-corrected chi connectivity index (χ0v) is 19.0. The van der Waals surface area contributed by atoms with Crippen LogP contribution in [0.1, 0.15) is 22.3 Å². The Hall–Kier alpha value is -3.58. The Kier molecular flexibility index (Phi) is 6.79. The van der Waals surface area contributed by atoms with Crippen LogP contribution in [0.3, 0.4) is 0 Å². The molecule has 0 aromatic heterocycles. The summed E-state index contributed by atoms with van der Waals surface area (Å²) in [5.41, 5.74) is 1.54. The minimum atomic E-state index is -0.424. The van der Waals surface area contributed by atoms with Crippen molar-refractivity contribution in [2.45, 2.75) is 25.0 Å². The molecule has 1 aliphatic heterocycles. The van der Waals surface area contributed by atoms with Gasteiger partial charge in [-0.25, -0.2) is 0 Å². The normalized spacial score (nSPS) is 18.2. The maximum Gasteiger partial charge on any atom is 0.323 e. The van der Waals surface area contributed by atoms with Crippen LogP contribution in [-0.4, -0.2) is 56.7 Å². The van der Waals surface area contributed by atoms with Crippen molar-refractivity contribution in [3.8, 4) is 11.5 Å². The molecule has 0 bridgehead atoms. The van der Waals surface area contributed by atoms with Gasteiger partial charge in [0.25, 0.3) is 5.91 Å². The minimum absolute atomic E-state index is 0.195. The van der Waals surface area contributed by atoms with Gasteiger partial charge in [0.2, 0.25) is 0 Å². The third-order valence-corrected chi connectivity index (χ3v) is 6.03. The largest absolute Gasteiger partial charge is 0.497 e. The molecule has 1 aliphatic rings. The van der Waals surface area contributed by atoms with E-state index in [0.717, 1.165) is 10.9 Å². The number of hydrogen-bond donors (Lipinski definition) is 1. The topological polar surface area (TPSA) is 77.1 Å². The first-order chi connectivity index (χ1) is 16.0. The Morgan fingerprint density at radius 1 is 0.939 bits per heavy atom. The second-order valence-corrected chi connectivity index (χ2v) is 8.16. The number of benzene rings is 3. The molecule has 0 aliphatic carbocycles. The van der Waals surface area contributed by atoms with Crippen LogP contribution in [0, 0.1) is 0 Å². The molecule has 1 saturated heterocycles. The van der Waals surface area contributed by atoms with Gasteiger partial charge in [0.1, 0.15) is 17.5 Å². The van der Waals surface area contributed by atoms with E-state index in [1.165, 1.54) is 12.5 Å². The molecule has 1 N–H and O–H groups in total. The van der Waals surface area contributed by atoms with Crippen LogP contribution >= 0.6 is 0 Å². The number of hydrogen-bond acceptors (Lipinski definition) is 6. The average molecular weight is 449 g/mol. The molecule has 0 spiro atoms. The lowest BCUT2D eigenvalue weighted by molar-refractivity contribution is -0.146. The van der Waals surface area contributed by atoms with Gasteiger partial charge in [-0.2, -0.15) is 0 Å². The number of likely N-dealkylation sites (tertiary alicyclic amines) is 1. The lowest BCUT2D eigenvalue weighted by atomic mass is 10.1. The van der Waals surface area contributed by atoms with E-state index in [9.17, 15) is 9.59 Å². The first kappa shape index (κ1) is 22.6. The van der Waals surface area contributed by atoms with E-state index in [1.54, 1.807) is 32.4 Å². The molecular formula is C26H28N2O5. The van der Waals surface area contributed by atoms with Crippen molar-refractivity contribution in [3.05, 3.63) is 71.8 Å². The first-order valence-corrected chi connectivity index (χ1v) is 10.8. The summed E-state index contributed by atoms with van der Waals surface area (Å²) in [7, 11) is 4.48. The Balaban J connectivity index is 1.50. The number of carbonyl (C=O) groups is 2. The lowest BCUT2D eigenvalue weighted by Gasteiger charge is -2.22. The predicted molar refractivity (Wildman–Crippen MR) is 126 cm³/mol. The van der Waals surface area contributed by atoms with Crippen molar-refractivity contribution < 1.29 is 23.8 Å². The summed E-state index contributed by atoms with van der Waals surface area (Å²) < 4.78 is 15.6. The highest BCUT2D eigenvalue weighted by Crippen LogP contribution is 2.26. The second-order valence-electron chi connectivity index (χ2n) is 8.16. The van der Waals surface area contributed by atoms with E-state index < -0.39 is 6.04 Å². The van der Waals surface area contributed by atoms with Crippen LogP contribution in [0.4, 0.5) is 0 Å². The highest BCUT2D eigenvalue weighted by atomic mass is 16.5. The van der Waals surface area contributed by atoms with Gasteiger partial charge in [0.15, 0.2) is 0 Å². The van der Waals surface area contributed by atoms with Crippen LogP contribution in [0.5, 0.6) is 11.5 Å². The molecule has 3 aromatic carbocycles. The molecule has 4 rings (SSSR count). The molecule has 3 aromatic rings. The van der Waals surface area contributed by atoms with Gasteiger partial charge in [-0.3, -0.25) is 14.5 Å². The average Bonchev–Trinajstić information content (AvgIpc) is 3.24. The summed E-state index contributed by atoms with van der Waals surface area (Å²) in [6.45, 7) is 1.13. The molecule has 2 atom stereocenters. The maximum atomic E-state index is 12.9. The number of carbonyl (C=O) groups excluding carboxylic acids is 2. The van der Waals surface area contributed by atoms with Crippen LogP contribution < -0.4 is 14.8 Å². The van der Waals surface area contributed by atoms with E-state index in [1.807, 2.05) is 12.1 Å². The smallest absolute Gasteiger partial charge is 0.323 e. The monoisotopic (exact) mass is 448 g/mol. The summed E-state index contributed by atoms with van der Waals surface area (Å²) >= 11 is 0. The fourth-order valence-corrected chi connectivity index (χ4v) is 4.34. The standard InChI is InChI=1S/C26H28N2O5/c1-31-22-11-20(12-23(14-22)32-2)25(29)27-21-13-24(26(30)33-3)28(16-21)15-17-8-9-18-6-4-5-7-19(18)10-17/h4-12,14,21,24H,13,15-16H2,1-3H3,(H,27,29)/t21-,24-/m0/s1. The Bertz CT molecular complexity index is 1140. The van der Waals surface area contributed by atoms with E-state index in [-0.39, 0.29) is 17.9 Å². The van der Waals surface area contributed by atoms with Crippen LogP contribution in [-0.2, 0) is 16.1 Å². The molecule has 172 valence electrons. The van der Waals surface area contributed by atoms with Crippen molar-refractivity contribution in [2.24, 2.45) is 0 Å². The minimum Gasteiger partial charge on any atom is -0.497 e. The summed E-state index contributed by atoms with van der Waals surface area (Å²) in [5, 5.41) is 5.38. The summed E-state index contributed by atoms with van der Waals surface area (Å²) in [4.78, 5) is 27.5. The van der Waals surface area contributed by atoms with Gasteiger partial charge in [0, 0.05) is 30.8 Å². The zero-order valence-electron chi connectivity index (χ0n) is 19.0. The number of rotatable bonds is 7.